The fraction of sp³-hybridized carbons (Fsp3) is 1.00. The van der Waals surface area contributed by atoms with Crippen molar-refractivity contribution < 1.29 is 14.2 Å². The molecule has 0 spiro atoms. The maximum absolute atomic E-state index is 5.46. The molecular weight excluding hydrogens is 144 g/mol. The van der Waals surface area contributed by atoms with E-state index in [0.717, 1.165) is 32.7 Å². The highest BCUT2D eigenvalue weighted by Crippen LogP contribution is 2.33. The third kappa shape index (κ3) is 1.28. The van der Waals surface area contributed by atoms with Gasteiger partial charge in [-0.15, -0.1) is 0 Å². The summed E-state index contributed by atoms with van der Waals surface area (Å²) in [6, 6.07) is 0. The Morgan fingerprint density at radius 1 is 1.18 bits per heavy atom. The zero-order chi connectivity index (χ0) is 7.73. The van der Waals surface area contributed by atoms with Gasteiger partial charge < -0.3 is 14.2 Å². The third-order valence-corrected chi connectivity index (χ3v) is 2.17. The van der Waals surface area contributed by atoms with Gasteiger partial charge >= 0.3 is 0 Å². The highest BCUT2D eigenvalue weighted by atomic mass is 16.9. The molecule has 3 rings (SSSR count). The summed E-state index contributed by atoms with van der Waals surface area (Å²) in [5.41, 5.74) is 0. The Balaban J connectivity index is 2.00. The van der Waals surface area contributed by atoms with Crippen LogP contribution in [-0.2, 0) is 14.2 Å². The van der Waals surface area contributed by atoms with Gasteiger partial charge in [-0.25, -0.2) is 0 Å². The van der Waals surface area contributed by atoms with E-state index in [1.165, 1.54) is 0 Å². The molecule has 0 aliphatic carbocycles. The lowest BCUT2D eigenvalue weighted by Gasteiger charge is -2.45. The third-order valence-electron chi connectivity index (χ3n) is 2.17. The van der Waals surface area contributed by atoms with E-state index in [1.54, 1.807) is 0 Å². The van der Waals surface area contributed by atoms with Crippen molar-refractivity contribution >= 4 is 0 Å². The lowest BCUT2D eigenvalue weighted by atomic mass is 10.1. The largest absolute Gasteiger partial charge is 0.327 e. The highest BCUT2D eigenvalue weighted by Gasteiger charge is 2.43. The van der Waals surface area contributed by atoms with E-state index < -0.39 is 5.97 Å². The minimum Gasteiger partial charge on any atom is -0.327 e. The van der Waals surface area contributed by atoms with E-state index >= 15 is 0 Å². The topological polar surface area (TPSA) is 27.7 Å². The molecule has 3 saturated heterocycles. The van der Waals surface area contributed by atoms with Crippen LogP contribution in [0.15, 0.2) is 0 Å². The number of rotatable bonds is 2. The van der Waals surface area contributed by atoms with Gasteiger partial charge in [-0.05, 0) is 6.42 Å². The van der Waals surface area contributed by atoms with Gasteiger partial charge in [0.15, 0.2) is 0 Å². The molecule has 3 heterocycles. The fourth-order valence-electron chi connectivity index (χ4n) is 1.53. The molecule has 0 N–H and O–H groups in total. The highest BCUT2D eigenvalue weighted by molar-refractivity contribution is 4.73. The summed E-state index contributed by atoms with van der Waals surface area (Å²) in [7, 11) is 0. The van der Waals surface area contributed by atoms with E-state index in [4.69, 9.17) is 14.2 Å². The second kappa shape index (κ2) is 2.73. The van der Waals surface area contributed by atoms with E-state index in [9.17, 15) is 0 Å². The number of fused-ring (bicyclic) bond motifs is 3. The molecule has 0 saturated carbocycles. The Bertz CT molecular complexity index is 118. The van der Waals surface area contributed by atoms with Crippen LogP contribution in [-0.4, -0.2) is 25.8 Å². The van der Waals surface area contributed by atoms with Crippen LogP contribution in [0.2, 0.25) is 0 Å². The molecule has 0 radical (unpaired) electrons. The molecule has 3 nitrogen and oxygen atoms in total. The van der Waals surface area contributed by atoms with Crippen LogP contribution in [0.3, 0.4) is 0 Å². The normalized spacial score (nSPS) is 42.8. The van der Waals surface area contributed by atoms with Crippen LogP contribution in [0.25, 0.3) is 0 Å². The van der Waals surface area contributed by atoms with Crippen LogP contribution in [0.1, 0.15) is 19.8 Å². The van der Waals surface area contributed by atoms with Gasteiger partial charge in [0.2, 0.25) is 0 Å². The van der Waals surface area contributed by atoms with Crippen molar-refractivity contribution in [2.45, 2.75) is 25.7 Å². The molecule has 0 amide bonds. The molecule has 2 bridgehead atoms. The quantitative estimate of drug-likeness (QED) is 0.603. The van der Waals surface area contributed by atoms with Crippen molar-refractivity contribution in [2.75, 3.05) is 19.8 Å². The van der Waals surface area contributed by atoms with Crippen molar-refractivity contribution in [3.8, 4) is 0 Å². The first-order valence-corrected chi connectivity index (χ1v) is 4.26. The van der Waals surface area contributed by atoms with Gasteiger partial charge in [0.25, 0.3) is 5.97 Å². The molecule has 0 unspecified atom stereocenters. The summed E-state index contributed by atoms with van der Waals surface area (Å²) in [5, 5.41) is 0. The van der Waals surface area contributed by atoms with Gasteiger partial charge in [-0.1, -0.05) is 6.92 Å². The smallest absolute Gasteiger partial charge is 0.282 e. The summed E-state index contributed by atoms with van der Waals surface area (Å²) < 4.78 is 16.4. The molecule has 3 fully saturated rings. The molecule has 0 aromatic heterocycles. The molecule has 64 valence electrons. The van der Waals surface area contributed by atoms with Gasteiger partial charge in [0, 0.05) is 12.3 Å². The first kappa shape index (κ1) is 7.53. The van der Waals surface area contributed by atoms with Crippen LogP contribution in [0.5, 0.6) is 0 Å². The van der Waals surface area contributed by atoms with Crippen molar-refractivity contribution in [1.29, 1.82) is 0 Å². The van der Waals surface area contributed by atoms with Crippen molar-refractivity contribution in [3.63, 3.8) is 0 Å². The van der Waals surface area contributed by atoms with Crippen LogP contribution in [0, 0.1) is 5.92 Å². The lowest BCUT2D eigenvalue weighted by Crippen LogP contribution is -2.53. The molecule has 3 heteroatoms. The lowest BCUT2D eigenvalue weighted by molar-refractivity contribution is -0.450. The molecule has 3 aliphatic rings. The maximum Gasteiger partial charge on any atom is 0.282 e. The molecule has 3 aliphatic heterocycles. The molecule has 0 atom stereocenters. The SMILES string of the molecule is CCCC12OCC(CO1)CO2. The standard InChI is InChI=1S/C8H14O3/c1-2-3-8-9-4-7(5-10-8)6-11-8/h7H,2-6H2,1H3. The summed E-state index contributed by atoms with van der Waals surface area (Å²) >= 11 is 0. The van der Waals surface area contributed by atoms with Crippen LogP contribution < -0.4 is 0 Å². The number of hydrogen-bond acceptors (Lipinski definition) is 3. The van der Waals surface area contributed by atoms with E-state index in [1.807, 2.05) is 0 Å². The zero-order valence-corrected chi connectivity index (χ0v) is 6.84. The Hall–Kier alpha value is -0.120. The summed E-state index contributed by atoms with van der Waals surface area (Å²) in [6.07, 6.45) is 1.88. The predicted octanol–water partition coefficient (Wildman–Crippen LogP) is 1.13. The molecular formula is C8H14O3. The average molecular weight is 158 g/mol. The first-order valence-electron chi connectivity index (χ1n) is 4.26. The Kier molecular flexibility index (Phi) is 1.87. The molecule has 0 aromatic rings. The summed E-state index contributed by atoms with van der Waals surface area (Å²) in [4.78, 5) is 0. The van der Waals surface area contributed by atoms with Crippen molar-refractivity contribution in [1.82, 2.24) is 0 Å². The summed E-state index contributed by atoms with van der Waals surface area (Å²) in [5.74, 6) is -0.197. The van der Waals surface area contributed by atoms with Gasteiger partial charge in [-0.2, -0.15) is 0 Å². The van der Waals surface area contributed by atoms with E-state index in [0.29, 0.717) is 5.92 Å². The minimum atomic E-state index is -0.663. The van der Waals surface area contributed by atoms with E-state index in [-0.39, 0.29) is 0 Å². The maximum atomic E-state index is 5.46. The zero-order valence-electron chi connectivity index (χ0n) is 6.84. The molecule has 0 aromatic carbocycles. The Labute approximate surface area is 66.6 Å². The van der Waals surface area contributed by atoms with Crippen molar-refractivity contribution in [3.05, 3.63) is 0 Å². The Morgan fingerprint density at radius 3 is 2.18 bits per heavy atom. The Morgan fingerprint density at radius 2 is 1.73 bits per heavy atom. The van der Waals surface area contributed by atoms with Crippen LogP contribution in [0.4, 0.5) is 0 Å². The minimum absolute atomic E-state index is 0.466. The fourth-order valence-corrected chi connectivity index (χ4v) is 1.53. The van der Waals surface area contributed by atoms with Gasteiger partial charge in [0.1, 0.15) is 0 Å². The summed E-state index contributed by atoms with van der Waals surface area (Å²) in [6.45, 7) is 4.52. The monoisotopic (exact) mass is 158 g/mol. The van der Waals surface area contributed by atoms with Crippen molar-refractivity contribution in [2.24, 2.45) is 5.92 Å². The second-order valence-electron chi connectivity index (χ2n) is 3.23. The van der Waals surface area contributed by atoms with Crippen LogP contribution >= 0.6 is 0 Å². The second-order valence-corrected chi connectivity index (χ2v) is 3.23. The van der Waals surface area contributed by atoms with E-state index in [2.05, 4.69) is 6.92 Å². The number of ether oxygens (including phenoxy) is 3. The first-order chi connectivity index (χ1) is 5.35. The average Bonchev–Trinajstić information content (AvgIpc) is 2.07. The number of hydrogen-bond donors (Lipinski definition) is 0. The molecule has 11 heavy (non-hydrogen) atoms. The van der Waals surface area contributed by atoms with Gasteiger partial charge in [-0.3, -0.25) is 0 Å². The predicted molar refractivity (Wildman–Crippen MR) is 39.0 cm³/mol. The van der Waals surface area contributed by atoms with Gasteiger partial charge in [0.05, 0.1) is 19.8 Å².